The van der Waals surface area contributed by atoms with Crippen molar-refractivity contribution < 1.29 is 0 Å². The zero-order chi connectivity index (χ0) is 11.8. The quantitative estimate of drug-likeness (QED) is 0.743. The van der Waals surface area contributed by atoms with Gasteiger partial charge in [0.05, 0.1) is 0 Å². The Kier molecular flexibility index (Phi) is 5.60. The Morgan fingerprint density at radius 3 is 1.82 bits per heavy atom. The number of hydrogen-bond donors (Lipinski definition) is 1. The lowest BCUT2D eigenvalue weighted by Gasteiger charge is -2.16. The van der Waals surface area contributed by atoms with Gasteiger partial charge in [-0.2, -0.15) is 5.10 Å². The molecule has 1 heterocycles. The zero-order valence-corrected chi connectivity index (χ0v) is 11.0. The molecule has 1 saturated carbocycles. The van der Waals surface area contributed by atoms with Crippen LogP contribution in [0.15, 0.2) is 12.3 Å². The molecule has 1 N–H and O–H groups in total. The Labute approximate surface area is 105 Å². The summed E-state index contributed by atoms with van der Waals surface area (Å²) < 4.78 is 0. The Bertz CT molecular complexity index is 267. The molecule has 0 bridgehead atoms. The van der Waals surface area contributed by atoms with Crippen molar-refractivity contribution in [2.45, 2.75) is 76.5 Å². The molecule has 1 aliphatic carbocycles. The Morgan fingerprint density at radius 1 is 0.824 bits per heavy atom. The van der Waals surface area contributed by atoms with E-state index in [1.54, 1.807) is 0 Å². The molecule has 0 radical (unpaired) electrons. The molecular weight excluding hydrogens is 208 g/mol. The first kappa shape index (κ1) is 12.7. The summed E-state index contributed by atoms with van der Waals surface area (Å²) in [6.45, 7) is 0. The Hall–Kier alpha value is -0.790. The van der Waals surface area contributed by atoms with Crippen LogP contribution < -0.4 is 0 Å². The molecule has 2 rings (SSSR count). The summed E-state index contributed by atoms with van der Waals surface area (Å²) in [5.74, 6) is 0.733. The summed E-state index contributed by atoms with van der Waals surface area (Å²) in [5.41, 5.74) is 1.36. The second-order valence-electron chi connectivity index (χ2n) is 5.47. The van der Waals surface area contributed by atoms with E-state index in [1.165, 1.54) is 76.3 Å². The van der Waals surface area contributed by atoms with Crippen LogP contribution in [0.1, 0.15) is 82.2 Å². The van der Waals surface area contributed by atoms with E-state index < -0.39 is 0 Å². The third-order valence-corrected chi connectivity index (χ3v) is 4.07. The molecule has 1 aliphatic rings. The van der Waals surface area contributed by atoms with Crippen LogP contribution in [-0.2, 0) is 0 Å². The molecule has 1 aromatic heterocycles. The van der Waals surface area contributed by atoms with Crippen LogP contribution in [0.5, 0.6) is 0 Å². The minimum atomic E-state index is 0.733. The topological polar surface area (TPSA) is 28.7 Å². The highest BCUT2D eigenvalue weighted by Gasteiger charge is 2.12. The van der Waals surface area contributed by atoms with Gasteiger partial charge in [0.25, 0.3) is 0 Å². The number of hydrogen-bond acceptors (Lipinski definition) is 1. The van der Waals surface area contributed by atoms with E-state index in [1.807, 2.05) is 6.20 Å². The maximum absolute atomic E-state index is 4.10. The third-order valence-electron chi connectivity index (χ3n) is 4.07. The van der Waals surface area contributed by atoms with E-state index >= 15 is 0 Å². The molecule has 17 heavy (non-hydrogen) atoms. The average molecular weight is 234 g/mol. The minimum absolute atomic E-state index is 0.733. The van der Waals surface area contributed by atoms with Crippen molar-refractivity contribution in [1.29, 1.82) is 0 Å². The third kappa shape index (κ3) is 4.53. The average Bonchev–Trinajstić information content (AvgIpc) is 2.83. The smallest absolute Gasteiger partial charge is 0.0490 e. The zero-order valence-electron chi connectivity index (χ0n) is 11.0. The van der Waals surface area contributed by atoms with Crippen LogP contribution in [0.4, 0.5) is 0 Å². The molecular formula is C15H26N2. The Morgan fingerprint density at radius 2 is 1.35 bits per heavy atom. The summed E-state index contributed by atoms with van der Waals surface area (Å²) in [5, 5.41) is 7.27. The van der Waals surface area contributed by atoms with Gasteiger partial charge in [0, 0.05) is 17.8 Å². The standard InChI is InChI=1S/C15H26N2/c1-2-4-6-8-10-14(11-9-7-5-3-1)15-12-13-16-17-15/h12-14H,1-11H2,(H,16,17). The van der Waals surface area contributed by atoms with Crippen LogP contribution in [-0.4, -0.2) is 10.2 Å². The maximum Gasteiger partial charge on any atom is 0.0490 e. The highest BCUT2D eigenvalue weighted by molar-refractivity contribution is 5.05. The van der Waals surface area contributed by atoms with Crippen LogP contribution in [0.3, 0.4) is 0 Å². The lowest BCUT2D eigenvalue weighted by Crippen LogP contribution is -2.01. The van der Waals surface area contributed by atoms with E-state index in [2.05, 4.69) is 16.3 Å². The monoisotopic (exact) mass is 234 g/mol. The molecule has 2 nitrogen and oxygen atoms in total. The summed E-state index contributed by atoms with van der Waals surface area (Å²) in [6, 6.07) is 2.16. The van der Waals surface area contributed by atoms with Gasteiger partial charge in [0.2, 0.25) is 0 Å². The van der Waals surface area contributed by atoms with Crippen molar-refractivity contribution in [3.05, 3.63) is 18.0 Å². The van der Waals surface area contributed by atoms with Crippen molar-refractivity contribution in [1.82, 2.24) is 10.2 Å². The molecule has 96 valence electrons. The number of aromatic nitrogens is 2. The molecule has 0 aliphatic heterocycles. The van der Waals surface area contributed by atoms with Gasteiger partial charge in [0.15, 0.2) is 0 Å². The summed E-state index contributed by atoms with van der Waals surface area (Å²) in [7, 11) is 0. The van der Waals surface area contributed by atoms with Crippen LogP contribution in [0.25, 0.3) is 0 Å². The molecule has 1 aromatic rings. The lowest BCUT2D eigenvalue weighted by molar-refractivity contribution is 0.461. The molecule has 0 atom stereocenters. The van der Waals surface area contributed by atoms with E-state index in [4.69, 9.17) is 0 Å². The Balaban J connectivity index is 1.84. The van der Waals surface area contributed by atoms with Crippen molar-refractivity contribution in [2.75, 3.05) is 0 Å². The van der Waals surface area contributed by atoms with Gasteiger partial charge in [-0.15, -0.1) is 0 Å². The maximum atomic E-state index is 4.10. The highest BCUT2D eigenvalue weighted by Crippen LogP contribution is 2.27. The van der Waals surface area contributed by atoms with Crippen LogP contribution in [0.2, 0.25) is 0 Å². The van der Waals surface area contributed by atoms with E-state index in [0.717, 1.165) is 5.92 Å². The number of nitrogens with one attached hydrogen (secondary N) is 1. The lowest BCUT2D eigenvalue weighted by atomic mass is 9.91. The van der Waals surface area contributed by atoms with Crippen molar-refractivity contribution >= 4 is 0 Å². The van der Waals surface area contributed by atoms with Gasteiger partial charge in [-0.3, -0.25) is 5.10 Å². The van der Waals surface area contributed by atoms with Gasteiger partial charge in [-0.05, 0) is 18.9 Å². The number of nitrogens with zero attached hydrogens (tertiary/aromatic N) is 1. The second-order valence-corrected chi connectivity index (χ2v) is 5.47. The molecule has 0 saturated heterocycles. The second kappa shape index (κ2) is 7.52. The first-order valence-corrected chi connectivity index (χ1v) is 7.46. The van der Waals surface area contributed by atoms with Gasteiger partial charge in [-0.25, -0.2) is 0 Å². The fourth-order valence-electron chi connectivity index (χ4n) is 2.97. The first-order valence-electron chi connectivity index (χ1n) is 7.46. The molecule has 1 fully saturated rings. The van der Waals surface area contributed by atoms with Gasteiger partial charge in [-0.1, -0.05) is 57.8 Å². The number of aromatic amines is 1. The fraction of sp³-hybridized carbons (Fsp3) is 0.800. The molecule has 2 heteroatoms. The summed E-state index contributed by atoms with van der Waals surface area (Å²) >= 11 is 0. The van der Waals surface area contributed by atoms with Crippen molar-refractivity contribution in [2.24, 2.45) is 0 Å². The molecule has 0 unspecified atom stereocenters. The molecule has 0 aromatic carbocycles. The summed E-state index contributed by atoms with van der Waals surface area (Å²) in [6.07, 6.45) is 17.5. The minimum Gasteiger partial charge on any atom is -0.282 e. The SMILES string of the molecule is c1cc(C2CCCCCCCCCCC2)[nH]n1. The summed E-state index contributed by atoms with van der Waals surface area (Å²) in [4.78, 5) is 0. The number of H-pyrrole nitrogens is 1. The largest absolute Gasteiger partial charge is 0.282 e. The number of rotatable bonds is 1. The van der Waals surface area contributed by atoms with Crippen LogP contribution >= 0.6 is 0 Å². The molecule has 0 amide bonds. The van der Waals surface area contributed by atoms with Crippen LogP contribution in [0, 0.1) is 0 Å². The predicted molar refractivity (Wildman–Crippen MR) is 72.1 cm³/mol. The van der Waals surface area contributed by atoms with Gasteiger partial charge in [0.1, 0.15) is 0 Å². The first-order chi connectivity index (χ1) is 8.47. The van der Waals surface area contributed by atoms with Gasteiger partial charge >= 0.3 is 0 Å². The normalized spacial score (nSPS) is 21.6. The molecule has 0 spiro atoms. The van der Waals surface area contributed by atoms with Gasteiger partial charge < -0.3 is 0 Å². The van der Waals surface area contributed by atoms with Crippen molar-refractivity contribution in [3.63, 3.8) is 0 Å². The predicted octanol–water partition coefficient (Wildman–Crippen LogP) is 4.80. The van der Waals surface area contributed by atoms with Crippen molar-refractivity contribution in [3.8, 4) is 0 Å². The van der Waals surface area contributed by atoms with E-state index in [9.17, 15) is 0 Å². The van der Waals surface area contributed by atoms with E-state index in [-0.39, 0.29) is 0 Å². The highest BCUT2D eigenvalue weighted by atomic mass is 15.1. The fourth-order valence-corrected chi connectivity index (χ4v) is 2.97. The van der Waals surface area contributed by atoms with E-state index in [0.29, 0.717) is 0 Å².